The van der Waals surface area contributed by atoms with Crippen LogP contribution in [0.1, 0.15) is 25.0 Å². The maximum Gasteiger partial charge on any atom is 0.252 e. The SMILES string of the molecule is Cc1csc(NC2CC(=O)N(C3CC3)C2=O)n1. The average molecular weight is 251 g/mol. The molecule has 3 rings (SSSR count). The Hall–Kier alpha value is -1.43. The minimum atomic E-state index is -0.423. The van der Waals surface area contributed by atoms with Gasteiger partial charge >= 0.3 is 0 Å². The average Bonchev–Trinajstić information content (AvgIpc) is 2.96. The zero-order chi connectivity index (χ0) is 12.0. The number of amides is 2. The van der Waals surface area contributed by atoms with Gasteiger partial charge in [-0.3, -0.25) is 14.5 Å². The molecule has 17 heavy (non-hydrogen) atoms. The van der Waals surface area contributed by atoms with E-state index in [-0.39, 0.29) is 24.3 Å². The molecule has 0 spiro atoms. The number of carbonyl (C=O) groups excluding carboxylic acids is 2. The van der Waals surface area contributed by atoms with E-state index in [4.69, 9.17) is 0 Å². The van der Waals surface area contributed by atoms with E-state index in [0.717, 1.165) is 18.5 Å². The third kappa shape index (κ3) is 1.93. The Labute approximate surface area is 103 Å². The lowest BCUT2D eigenvalue weighted by Gasteiger charge is -2.13. The van der Waals surface area contributed by atoms with Crippen LogP contribution >= 0.6 is 11.3 Å². The molecule has 1 saturated heterocycles. The number of likely N-dealkylation sites (tertiary alicyclic amines) is 1. The van der Waals surface area contributed by atoms with Gasteiger partial charge in [0, 0.05) is 11.4 Å². The fraction of sp³-hybridized carbons (Fsp3) is 0.545. The molecule has 1 atom stereocenters. The monoisotopic (exact) mass is 251 g/mol. The Morgan fingerprint density at radius 2 is 2.24 bits per heavy atom. The number of imide groups is 1. The van der Waals surface area contributed by atoms with Gasteiger partial charge in [-0.15, -0.1) is 11.3 Å². The number of anilines is 1. The highest BCUT2D eigenvalue weighted by atomic mass is 32.1. The summed E-state index contributed by atoms with van der Waals surface area (Å²) in [6.45, 7) is 1.90. The molecule has 1 saturated carbocycles. The maximum absolute atomic E-state index is 12.0. The standard InChI is InChI=1S/C11H13N3O2S/c1-6-5-17-11(12-6)13-8-4-9(15)14(10(8)16)7-2-3-7/h5,7-8H,2-4H2,1H3,(H,12,13). The number of thiazole rings is 1. The predicted octanol–water partition coefficient (Wildman–Crippen LogP) is 1.15. The van der Waals surface area contributed by atoms with Crippen LogP contribution in [0.2, 0.25) is 0 Å². The minimum Gasteiger partial charge on any atom is -0.349 e. The summed E-state index contributed by atoms with van der Waals surface area (Å²) in [5.41, 5.74) is 0.924. The summed E-state index contributed by atoms with van der Waals surface area (Å²) < 4.78 is 0. The second-order valence-corrected chi connectivity index (χ2v) is 5.39. The van der Waals surface area contributed by atoms with Crippen molar-refractivity contribution in [3.63, 3.8) is 0 Å². The van der Waals surface area contributed by atoms with E-state index in [1.165, 1.54) is 16.2 Å². The van der Waals surface area contributed by atoms with E-state index in [1.54, 1.807) is 0 Å². The summed E-state index contributed by atoms with van der Waals surface area (Å²) in [5, 5.41) is 5.68. The molecule has 2 heterocycles. The number of aryl methyl sites for hydroxylation is 1. The van der Waals surface area contributed by atoms with Crippen LogP contribution in [0.25, 0.3) is 0 Å². The number of carbonyl (C=O) groups is 2. The summed E-state index contributed by atoms with van der Waals surface area (Å²) >= 11 is 1.46. The lowest BCUT2D eigenvalue weighted by molar-refractivity contribution is -0.139. The van der Waals surface area contributed by atoms with Gasteiger partial charge in [0.25, 0.3) is 5.91 Å². The van der Waals surface area contributed by atoms with E-state index in [2.05, 4.69) is 10.3 Å². The lowest BCUT2D eigenvalue weighted by Crippen LogP contribution is -2.36. The molecule has 0 aromatic carbocycles. The quantitative estimate of drug-likeness (QED) is 0.819. The molecule has 5 nitrogen and oxygen atoms in total. The molecule has 1 aromatic rings. The summed E-state index contributed by atoms with van der Waals surface area (Å²) in [5.74, 6) is -0.145. The predicted molar refractivity (Wildman–Crippen MR) is 63.8 cm³/mol. The van der Waals surface area contributed by atoms with Crippen LogP contribution in [0, 0.1) is 6.92 Å². The molecule has 90 valence electrons. The fourth-order valence-corrected chi connectivity index (χ4v) is 2.79. The number of aromatic nitrogens is 1. The molecule has 2 fully saturated rings. The Morgan fingerprint density at radius 1 is 1.47 bits per heavy atom. The second kappa shape index (κ2) is 3.80. The highest BCUT2D eigenvalue weighted by Gasteiger charge is 2.46. The molecule has 1 aliphatic heterocycles. The summed E-state index contributed by atoms with van der Waals surface area (Å²) in [6, 6.07) is -0.256. The number of hydrogen-bond donors (Lipinski definition) is 1. The van der Waals surface area contributed by atoms with Gasteiger partial charge in [-0.05, 0) is 19.8 Å². The normalized spacial score (nSPS) is 24.5. The van der Waals surface area contributed by atoms with Crippen molar-refractivity contribution in [2.24, 2.45) is 0 Å². The van der Waals surface area contributed by atoms with E-state index in [0.29, 0.717) is 5.13 Å². The molecule has 1 aromatic heterocycles. The largest absolute Gasteiger partial charge is 0.349 e. The first kappa shape index (κ1) is 10.7. The van der Waals surface area contributed by atoms with Crippen LogP contribution in [0.4, 0.5) is 5.13 Å². The molecule has 1 aliphatic carbocycles. The molecule has 2 aliphatic rings. The first-order valence-corrected chi connectivity index (χ1v) is 6.57. The van der Waals surface area contributed by atoms with Gasteiger partial charge in [0.1, 0.15) is 6.04 Å². The van der Waals surface area contributed by atoms with Gasteiger partial charge in [0.15, 0.2) is 5.13 Å². The third-order valence-electron chi connectivity index (χ3n) is 3.01. The number of nitrogens with zero attached hydrogens (tertiary/aromatic N) is 2. The van der Waals surface area contributed by atoms with Gasteiger partial charge in [0.05, 0.1) is 12.1 Å². The van der Waals surface area contributed by atoms with Gasteiger partial charge < -0.3 is 5.32 Å². The molecule has 0 radical (unpaired) electrons. The van der Waals surface area contributed by atoms with Crippen molar-refractivity contribution in [1.82, 2.24) is 9.88 Å². The van der Waals surface area contributed by atoms with Crippen LogP contribution in [0.3, 0.4) is 0 Å². The molecule has 6 heteroatoms. The lowest BCUT2D eigenvalue weighted by atomic mass is 10.2. The second-order valence-electron chi connectivity index (χ2n) is 4.53. The Balaban J connectivity index is 1.72. The van der Waals surface area contributed by atoms with E-state index < -0.39 is 6.04 Å². The van der Waals surface area contributed by atoms with E-state index in [9.17, 15) is 9.59 Å². The van der Waals surface area contributed by atoms with Crippen molar-refractivity contribution >= 4 is 28.3 Å². The van der Waals surface area contributed by atoms with E-state index in [1.807, 2.05) is 12.3 Å². The Kier molecular flexibility index (Phi) is 2.39. The number of hydrogen-bond acceptors (Lipinski definition) is 5. The van der Waals surface area contributed by atoms with Crippen LogP contribution in [0.15, 0.2) is 5.38 Å². The summed E-state index contributed by atoms with van der Waals surface area (Å²) in [6.07, 6.45) is 2.18. The zero-order valence-corrected chi connectivity index (χ0v) is 10.3. The van der Waals surface area contributed by atoms with Crippen molar-refractivity contribution in [1.29, 1.82) is 0 Å². The summed E-state index contributed by atoms with van der Waals surface area (Å²) in [7, 11) is 0. The van der Waals surface area contributed by atoms with Crippen molar-refractivity contribution < 1.29 is 9.59 Å². The minimum absolute atomic E-state index is 0.0525. The molecular weight excluding hydrogens is 238 g/mol. The molecule has 1 N–H and O–H groups in total. The Bertz CT molecular complexity index is 481. The summed E-state index contributed by atoms with van der Waals surface area (Å²) in [4.78, 5) is 29.4. The van der Waals surface area contributed by atoms with Crippen molar-refractivity contribution in [2.45, 2.75) is 38.3 Å². The molecule has 2 amide bonds. The van der Waals surface area contributed by atoms with Gasteiger partial charge in [0.2, 0.25) is 5.91 Å². The molecular formula is C11H13N3O2S. The molecule has 1 unspecified atom stereocenters. The Morgan fingerprint density at radius 3 is 2.82 bits per heavy atom. The van der Waals surface area contributed by atoms with Crippen molar-refractivity contribution in [3.8, 4) is 0 Å². The van der Waals surface area contributed by atoms with Crippen LogP contribution in [-0.4, -0.2) is 33.8 Å². The number of rotatable bonds is 3. The van der Waals surface area contributed by atoms with E-state index >= 15 is 0 Å². The van der Waals surface area contributed by atoms with Crippen LogP contribution in [-0.2, 0) is 9.59 Å². The van der Waals surface area contributed by atoms with Crippen molar-refractivity contribution in [3.05, 3.63) is 11.1 Å². The number of nitrogens with one attached hydrogen (secondary N) is 1. The first-order valence-electron chi connectivity index (χ1n) is 5.70. The smallest absolute Gasteiger partial charge is 0.252 e. The third-order valence-corrected chi connectivity index (χ3v) is 3.90. The van der Waals surface area contributed by atoms with Gasteiger partial charge in [-0.25, -0.2) is 4.98 Å². The van der Waals surface area contributed by atoms with Gasteiger partial charge in [-0.1, -0.05) is 0 Å². The van der Waals surface area contributed by atoms with Crippen molar-refractivity contribution in [2.75, 3.05) is 5.32 Å². The van der Waals surface area contributed by atoms with Crippen LogP contribution < -0.4 is 5.32 Å². The highest BCUT2D eigenvalue weighted by molar-refractivity contribution is 7.13. The maximum atomic E-state index is 12.0. The highest BCUT2D eigenvalue weighted by Crippen LogP contribution is 2.32. The van der Waals surface area contributed by atoms with Crippen LogP contribution in [0.5, 0.6) is 0 Å². The fourth-order valence-electron chi connectivity index (χ4n) is 2.05. The topological polar surface area (TPSA) is 62.3 Å². The van der Waals surface area contributed by atoms with Gasteiger partial charge in [-0.2, -0.15) is 0 Å². The molecule has 0 bridgehead atoms. The first-order chi connectivity index (χ1) is 8.15. The zero-order valence-electron chi connectivity index (χ0n) is 9.47.